The number of hydrogen-bond acceptors (Lipinski definition) is 2. The third-order valence-corrected chi connectivity index (χ3v) is 2.13. The Balaban J connectivity index is 2.94. The molecule has 0 amide bonds. The fraction of sp³-hybridized carbons (Fsp3) is 0.111. The van der Waals surface area contributed by atoms with E-state index < -0.39 is 5.69 Å². The normalized spacial score (nSPS) is 10.6. The number of aromatic nitrogens is 2. The van der Waals surface area contributed by atoms with Gasteiger partial charge in [-0.1, -0.05) is 17.7 Å². The summed E-state index contributed by atoms with van der Waals surface area (Å²) in [7, 11) is 0. The van der Waals surface area contributed by atoms with Crippen molar-refractivity contribution < 1.29 is 0 Å². The molecule has 2 aromatic rings. The Hall–Kier alpha value is -1.35. The molecule has 1 N–H and O–H groups in total. The van der Waals surface area contributed by atoms with Gasteiger partial charge in [-0.3, -0.25) is 4.98 Å². The molecule has 0 aliphatic rings. The minimum Gasteiger partial charge on any atom is -0.296 e. The molecule has 0 spiro atoms. The Morgan fingerprint density at radius 3 is 3.00 bits per heavy atom. The molecule has 66 valence electrons. The van der Waals surface area contributed by atoms with Crippen molar-refractivity contribution in [2.45, 2.75) is 6.92 Å². The van der Waals surface area contributed by atoms with Crippen LogP contribution in [0, 0.1) is 6.92 Å². The Bertz CT molecular complexity index is 518. The van der Waals surface area contributed by atoms with Crippen molar-refractivity contribution in [3.63, 3.8) is 0 Å². The van der Waals surface area contributed by atoms with E-state index in [2.05, 4.69) is 9.97 Å². The molecular formula is C9H7ClN2O. The summed E-state index contributed by atoms with van der Waals surface area (Å²) in [5.41, 5.74) is 1.28. The summed E-state index contributed by atoms with van der Waals surface area (Å²) in [5.74, 6) is 0. The zero-order valence-corrected chi connectivity index (χ0v) is 7.72. The van der Waals surface area contributed by atoms with E-state index in [1.54, 1.807) is 0 Å². The van der Waals surface area contributed by atoms with Gasteiger partial charge in [-0.15, -0.1) is 0 Å². The smallest absolute Gasteiger partial charge is 0.296 e. The molecule has 1 aromatic carbocycles. The molecule has 1 heterocycles. The molecule has 0 bridgehead atoms. The van der Waals surface area contributed by atoms with Crippen LogP contribution in [-0.2, 0) is 0 Å². The molecule has 1 aromatic heterocycles. The molecule has 2 rings (SSSR count). The van der Waals surface area contributed by atoms with Crippen molar-refractivity contribution >= 4 is 22.5 Å². The molecule has 0 fully saturated rings. The molecule has 0 atom stereocenters. The zero-order valence-electron chi connectivity index (χ0n) is 6.97. The summed E-state index contributed by atoms with van der Waals surface area (Å²) < 4.78 is 0. The quantitative estimate of drug-likeness (QED) is 0.651. The highest BCUT2D eigenvalue weighted by atomic mass is 35.5. The monoisotopic (exact) mass is 194 g/mol. The van der Waals surface area contributed by atoms with E-state index in [4.69, 9.17) is 11.6 Å². The fourth-order valence-corrected chi connectivity index (χ4v) is 1.46. The van der Waals surface area contributed by atoms with E-state index in [0.717, 1.165) is 10.9 Å². The average molecular weight is 195 g/mol. The summed E-state index contributed by atoms with van der Waals surface area (Å²) in [6.07, 6.45) is 0. The first-order valence-corrected chi connectivity index (χ1v) is 4.21. The van der Waals surface area contributed by atoms with Gasteiger partial charge in [0.05, 0.1) is 5.52 Å². The topological polar surface area (TPSA) is 45.8 Å². The summed E-state index contributed by atoms with van der Waals surface area (Å²) in [5, 5.41) is 1.11. The van der Waals surface area contributed by atoms with Crippen molar-refractivity contribution in [3.8, 4) is 0 Å². The molecule has 0 saturated carbocycles. The SMILES string of the molecule is Cc1ccc2c(Cl)[nH]c(=O)nc2c1. The molecule has 0 radical (unpaired) electrons. The molecule has 0 saturated heterocycles. The maximum absolute atomic E-state index is 11.0. The number of halogens is 1. The number of aryl methyl sites for hydroxylation is 1. The van der Waals surface area contributed by atoms with Crippen LogP contribution in [0.15, 0.2) is 23.0 Å². The van der Waals surface area contributed by atoms with Crippen molar-refractivity contribution in [3.05, 3.63) is 39.4 Å². The Morgan fingerprint density at radius 1 is 1.46 bits per heavy atom. The van der Waals surface area contributed by atoms with Crippen LogP contribution in [0.2, 0.25) is 5.15 Å². The van der Waals surface area contributed by atoms with Gasteiger partial charge in [-0.2, -0.15) is 4.98 Å². The average Bonchev–Trinajstić information content (AvgIpc) is 2.02. The van der Waals surface area contributed by atoms with E-state index in [-0.39, 0.29) is 0 Å². The molecule has 0 unspecified atom stereocenters. The summed E-state index contributed by atoms with van der Waals surface area (Å²) in [6.45, 7) is 1.94. The van der Waals surface area contributed by atoms with Crippen molar-refractivity contribution in [1.29, 1.82) is 0 Å². The largest absolute Gasteiger partial charge is 0.346 e. The molecular weight excluding hydrogens is 188 g/mol. The maximum Gasteiger partial charge on any atom is 0.346 e. The van der Waals surface area contributed by atoms with Gasteiger partial charge in [-0.25, -0.2) is 4.79 Å². The van der Waals surface area contributed by atoms with Gasteiger partial charge < -0.3 is 0 Å². The summed E-state index contributed by atoms with van der Waals surface area (Å²) in [4.78, 5) is 17.2. The standard InChI is InChI=1S/C9H7ClN2O/c1-5-2-3-6-7(4-5)11-9(13)12-8(6)10/h2-4H,1H3,(H,11,12,13). The first kappa shape index (κ1) is 8.26. The number of nitrogens with one attached hydrogen (secondary N) is 1. The van der Waals surface area contributed by atoms with Gasteiger partial charge in [0.25, 0.3) is 0 Å². The lowest BCUT2D eigenvalue weighted by Gasteiger charge is -1.99. The first-order valence-electron chi connectivity index (χ1n) is 3.83. The van der Waals surface area contributed by atoms with Gasteiger partial charge in [0, 0.05) is 5.39 Å². The van der Waals surface area contributed by atoms with Crippen LogP contribution in [0.1, 0.15) is 5.56 Å². The predicted octanol–water partition coefficient (Wildman–Crippen LogP) is 1.88. The number of H-pyrrole nitrogens is 1. The van der Waals surface area contributed by atoms with Crippen LogP contribution in [-0.4, -0.2) is 9.97 Å². The van der Waals surface area contributed by atoms with E-state index >= 15 is 0 Å². The van der Waals surface area contributed by atoms with Crippen molar-refractivity contribution in [2.24, 2.45) is 0 Å². The highest BCUT2D eigenvalue weighted by molar-refractivity contribution is 6.33. The third-order valence-electron chi connectivity index (χ3n) is 1.83. The van der Waals surface area contributed by atoms with Crippen LogP contribution in [0.25, 0.3) is 10.9 Å². The van der Waals surface area contributed by atoms with Crippen LogP contribution in [0.4, 0.5) is 0 Å². The van der Waals surface area contributed by atoms with Gasteiger partial charge in [-0.05, 0) is 24.6 Å². The Kier molecular flexibility index (Phi) is 1.81. The number of fused-ring (bicyclic) bond motifs is 1. The minimum atomic E-state index is -0.414. The van der Waals surface area contributed by atoms with Crippen LogP contribution >= 0.6 is 11.6 Å². The highest BCUT2D eigenvalue weighted by Gasteiger charge is 2.01. The Morgan fingerprint density at radius 2 is 2.23 bits per heavy atom. The minimum absolute atomic E-state index is 0.343. The van der Waals surface area contributed by atoms with Gasteiger partial charge >= 0.3 is 5.69 Å². The summed E-state index contributed by atoms with van der Waals surface area (Å²) in [6, 6.07) is 5.60. The van der Waals surface area contributed by atoms with Crippen LogP contribution in [0.3, 0.4) is 0 Å². The second-order valence-electron chi connectivity index (χ2n) is 2.88. The van der Waals surface area contributed by atoms with Crippen LogP contribution in [0.5, 0.6) is 0 Å². The van der Waals surface area contributed by atoms with Crippen molar-refractivity contribution in [1.82, 2.24) is 9.97 Å². The number of nitrogens with zero attached hydrogens (tertiary/aromatic N) is 1. The van der Waals surface area contributed by atoms with Gasteiger partial charge in [0.15, 0.2) is 0 Å². The predicted molar refractivity (Wildman–Crippen MR) is 52.1 cm³/mol. The first-order chi connectivity index (χ1) is 6.16. The molecule has 3 nitrogen and oxygen atoms in total. The third kappa shape index (κ3) is 1.42. The van der Waals surface area contributed by atoms with E-state index in [1.165, 1.54) is 0 Å². The summed E-state index contributed by atoms with van der Waals surface area (Å²) >= 11 is 5.82. The molecule has 0 aliphatic carbocycles. The second kappa shape index (κ2) is 2.85. The molecule has 0 aliphatic heterocycles. The molecule has 13 heavy (non-hydrogen) atoms. The molecule has 4 heteroatoms. The van der Waals surface area contributed by atoms with Gasteiger partial charge in [0.2, 0.25) is 0 Å². The van der Waals surface area contributed by atoms with Crippen LogP contribution < -0.4 is 5.69 Å². The number of aromatic amines is 1. The second-order valence-corrected chi connectivity index (χ2v) is 3.25. The van der Waals surface area contributed by atoms with E-state index in [0.29, 0.717) is 10.7 Å². The maximum atomic E-state index is 11.0. The van der Waals surface area contributed by atoms with Crippen molar-refractivity contribution in [2.75, 3.05) is 0 Å². The Labute approximate surface area is 79.4 Å². The lowest BCUT2D eigenvalue weighted by Crippen LogP contribution is -2.09. The number of hydrogen-bond donors (Lipinski definition) is 1. The van der Waals surface area contributed by atoms with E-state index in [1.807, 2.05) is 25.1 Å². The highest BCUT2D eigenvalue weighted by Crippen LogP contribution is 2.18. The number of rotatable bonds is 0. The zero-order chi connectivity index (χ0) is 9.42. The lowest BCUT2D eigenvalue weighted by atomic mass is 10.2. The lowest BCUT2D eigenvalue weighted by molar-refractivity contribution is 1.12. The number of benzene rings is 1. The fourth-order valence-electron chi connectivity index (χ4n) is 1.22. The van der Waals surface area contributed by atoms with E-state index in [9.17, 15) is 4.79 Å². The van der Waals surface area contributed by atoms with Gasteiger partial charge in [0.1, 0.15) is 5.15 Å².